The van der Waals surface area contributed by atoms with Crippen molar-refractivity contribution in [2.24, 2.45) is 11.8 Å². The molecule has 1 amide bonds. The Morgan fingerprint density at radius 1 is 1.23 bits per heavy atom. The van der Waals surface area contributed by atoms with Crippen molar-refractivity contribution >= 4 is 5.91 Å². The second-order valence-corrected chi connectivity index (χ2v) is 7.51. The van der Waals surface area contributed by atoms with Crippen molar-refractivity contribution in [3.05, 3.63) is 36.2 Å². The third-order valence-electron chi connectivity index (χ3n) is 5.05. The number of aliphatic hydroxyl groups excluding tert-OH is 1. The molecule has 0 aliphatic carbocycles. The minimum Gasteiger partial charge on any atom is -0.393 e. The molecule has 2 aromatic rings. The molecule has 0 unspecified atom stereocenters. The van der Waals surface area contributed by atoms with Crippen LogP contribution in [0.3, 0.4) is 0 Å². The van der Waals surface area contributed by atoms with Gasteiger partial charge in [0.2, 0.25) is 5.91 Å². The molecule has 7 heteroatoms. The van der Waals surface area contributed by atoms with E-state index < -0.39 is 0 Å². The Morgan fingerprint density at radius 3 is 2.50 bits per heavy atom. The number of rotatable bonds is 6. The zero-order valence-electron chi connectivity index (χ0n) is 15.5. The number of likely N-dealkylation sites (tertiary alicyclic amines) is 1. The van der Waals surface area contributed by atoms with Crippen LogP contribution in [0.4, 0.5) is 0 Å². The third kappa shape index (κ3) is 4.66. The van der Waals surface area contributed by atoms with Crippen LogP contribution in [0.15, 0.2) is 30.6 Å². The number of aromatic nitrogens is 4. The number of amides is 1. The molecule has 0 bridgehead atoms. The highest BCUT2D eigenvalue weighted by Gasteiger charge is 2.27. The summed E-state index contributed by atoms with van der Waals surface area (Å²) in [5, 5.41) is 21.4. The van der Waals surface area contributed by atoms with Crippen molar-refractivity contribution in [2.75, 3.05) is 13.1 Å². The summed E-state index contributed by atoms with van der Waals surface area (Å²) in [7, 11) is 0. The molecule has 1 aliphatic heterocycles. The molecule has 1 aliphatic rings. The molecule has 1 aromatic heterocycles. The van der Waals surface area contributed by atoms with Gasteiger partial charge in [-0.05, 0) is 59.2 Å². The van der Waals surface area contributed by atoms with E-state index >= 15 is 0 Å². The first-order valence-corrected chi connectivity index (χ1v) is 9.31. The van der Waals surface area contributed by atoms with Crippen LogP contribution in [0.5, 0.6) is 0 Å². The lowest BCUT2D eigenvalue weighted by Gasteiger charge is -2.34. The quantitative estimate of drug-likeness (QED) is 0.853. The Labute approximate surface area is 154 Å². The number of tetrazole rings is 1. The summed E-state index contributed by atoms with van der Waals surface area (Å²) in [5.41, 5.74) is 1.85. The van der Waals surface area contributed by atoms with E-state index in [1.54, 1.807) is 4.68 Å². The molecular formula is C19H27N5O2. The number of carbonyl (C=O) groups is 1. The van der Waals surface area contributed by atoms with Gasteiger partial charge in [0, 0.05) is 13.1 Å². The summed E-state index contributed by atoms with van der Waals surface area (Å²) in [6.45, 7) is 5.74. The van der Waals surface area contributed by atoms with Crippen LogP contribution in [0.2, 0.25) is 0 Å². The van der Waals surface area contributed by atoms with Crippen LogP contribution in [0.25, 0.3) is 5.69 Å². The van der Waals surface area contributed by atoms with Gasteiger partial charge in [0.25, 0.3) is 0 Å². The summed E-state index contributed by atoms with van der Waals surface area (Å²) < 4.78 is 1.58. The number of benzene rings is 1. The van der Waals surface area contributed by atoms with E-state index in [2.05, 4.69) is 29.4 Å². The highest BCUT2D eigenvalue weighted by Crippen LogP contribution is 2.25. The number of carbonyl (C=O) groups excluding carboxylic acids is 1. The maximum absolute atomic E-state index is 12.6. The number of piperidine rings is 1. The first-order chi connectivity index (χ1) is 12.5. The molecule has 1 N–H and O–H groups in total. The van der Waals surface area contributed by atoms with Gasteiger partial charge in [0.15, 0.2) is 0 Å². The lowest BCUT2D eigenvalue weighted by Crippen LogP contribution is -2.42. The van der Waals surface area contributed by atoms with Crippen LogP contribution in [-0.2, 0) is 11.2 Å². The van der Waals surface area contributed by atoms with E-state index in [1.165, 1.54) is 6.33 Å². The zero-order chi connectivity index (χ0) is 18.5. The minimum atomic E-state index is -0.244. The monoisotopic (exact) mass is 357 g/mol. The predicted molar refractivity (Wildman–Crippen MR) is 97.6 cm³/mol. The fourth-order valence-electron chi connectivity index (χ4n) is 3.54. The van der Waals surface area contributed by atoms with Crippen molar-refractivity contribution in [1.82, 2.24) is 25.1 Å². The summed E-state index contributed by atoms with van der Waals surface area (Å²) >= 11 is 0. The molecular weight excluding hydrogens is 330 g/mol. The minimum absolute atomic E-state index is 0.150. The van der Waals surface area contributed by atoms with E-state index in [1.807, 2.05) is 29.2 Å². The van der Waals surface area contributed by atoms with Crippen molar-refractivity contribution in [2.45, 2.75) is 45.6 Å². The Bertz CT molecular complexity index is 691. The molecule has 0 spiro atoms. The molecule has 26 heavy (non-hydrogen) atoms. The smallest absolute Gasteiger partial charge is 0.226 e. The second-order valence-electron chi connectivity index (χ2n) is 7.51. The Morgan fingerprint density at radius 2 is 1.92 bits per heavy atom. The average Bonchev–Trinajstić information content (AvgIpc) is 3.16. The molecule has 0 saturated carbocycles. The molecule has 1 saturated heterocycles. The van der Waals surface area contributed by atoms with E-state index in [0.29, 0.717) is 18.3 Å². The van der Waals surface area contributed by atoms with Gasteiger partial charge in [-0.2, -0.15) is 0 Å². The normalized spacial score (nSPS) is 16.8. The summed E-state index contributed by atoms with van der Waals surface area (Å²) in [4.78, 5) is 14.5. The van der Waals surface area contributed by atoms with Gasteiger partial charge >= 0.3 is 0 Å². The molecule has 1 fully saturated rings. The Hall–Kier alpha value is -2.28. The third-order valence-corrected chi connectivity index (χ3v) is 5.05. The van der Waals surface area contributed by atoms with Crippen LogP contribution >= 0.6 is 0 Å². The molecule has 3 rings (SSSR count). The second kappa shape index (κ2) is 8.40. The van der Waals surface area contributed by atoms with Crippen LogP contribution < -0.4 is 0 Å². The van der Waals surface area contributed by atoms with E-state index in [0.717, 1.165) is 43.6 Å². The van der Waals surface area contributed by atoms with Crippen LogP contribution in [0, 0.1) is 11.8 Å². The lowest BCUT2D eigenvalue weighted by molar-refractivity contribution is -0.132. The average molecular weight is 357 g/mol. The van der Waals surface area contributed by atoms with Gasteiger partial charge in [-0.25, -0.2) is 4.68 Å². The molecule has 0 radical (unpaired) electrons. The highest BCUT2D eigenvalue weighted by molar-refractivity contribution is 5.78. The zero-order valence-corrected chi connectivity index (χ0v) is 15.5. The molecule has 7 nitrogen and oxygen atoms in total. The first kappa shape index (κ1) is 18.5. The van der Waals surface area contributed by atoms with Crippen LogP contribution in [-0.4, -0.2) is 55.3 Å². The number of aliphatic hydroxyl groups is 1. The van der Waals surface area contributed by atoms with Crippen molar-refractivity contribution in [1.29, 1.82) is 0 Å². The largest absolute Gasteiger partial charge is 0.393 e. The fourth-order valence-corrected chi connectivity index (χ4v) is 3.54. The van der Waals surface area contributed by atoms with Gasteiger partial charge in [-0.1, -0.05) is 26.0 Å². The molecule has 2 heterocycles. The Kier molecular flexibility index (Phi) is 5.98. The fraction of sp³-hybridized carbons (Fsp3) is 0.579. The van der Waals surface area contributed by atoms with E-state index in [9.17, 15) is 9.90 Å². The van der Waals surface area contributed by atoms with E-state index in [-0.39, 0.29) is 12.0 Å². The van der Waals surface area contributed by atoms with Gasteiger partial charge in [0.05, 0.1) is 18.2 Å². The van der Waals surface area contributed by atoms with Gasteiger partial charge in [0.1, 0.15) is 6.33 Å². The summed E-state index contributed by atoms with van der Waals surface area (Å²) in [6, 6.07) is 7.70. The van der Waals surface area contributed by atoms with E-state index in [4.69, 9.17) is 0 Å². The maximum atomic E-state index is 12.6. The number of nitrogens with zero attached hydrogens (tertiary/aromatic N) is 5. The molecule has 1 aromatic carbocycles. The molecule has 1 atom stereocenters. The molecule has 140 valence electrons. The number of hydrogen-bond acceptors (Lipinski definition) is 5. The SMILES string of the molecule is CC(C)C[C@H](O)C1CCN(C(=O)Cc2ccc(-n3cnnn3)cc2)CC1. The van der Waals surface area contributed by atoms with Crippen LogP contribution in [0.1, 0.15) is 38.7 Å². The highest BCUT2D eigenvalue weighted by atomic mass is 16.3. The van der Waals surface area contributed by atoms with Gasteiger partial charge < -0.3 is 10.0 Å². The van der Waals surface area contributed by atoms with Crippen molar-refractivity contribution in [3.63, 3.8) is 0 Å². The maximum Gasteiger partial charge on any atom is 0.226 e. The van der Waals surface area contributed by atoms with Crippen molar-refractivity contribution in [3.8, 4) is 5.69 Å². The van der Waals surface area contributed by atoms with Crippen molar-refractivity contribution < 1.29 is 9.90 Å². The topological polar surface area (TPSA) is 84.1 Å². The number of hydrogen-bond donors (Lipinski definition) is 1. The lowest BCUT2D eigenvalue weighted by atomic mass is 9.87. The Balaban J connectivity index is 1.50. The summed E-state index contributed by atoms with van der Waals surface area (Å²) in [6.07, 6.45) is 4.31. The first-order valence-electron chi connectivity index (χ1n) is 9.31. The predicted octanol–water partition coefficient (Wildman–Crippen LogP) is 1.85. The standard InChI is InChI=1S/C19H27N5O2/c1-14(2)11-18(25)16-7-9-23(10-8-16)19(26)12-15-3-5-17(6-4-15)24-13-20-21-22-24/h3-6,13-14,16,18,25H,7-12H2,1-2H3/t18-/m0/s1. The summed E-state index contributed by atoms with van der Waals surface area (Å²) in [5.74, 6) is 0.968. The van der Waals surface area contributed by atoms with Gasteiger partial charge in [-0.3, -0.25) is 4.79 Å². The van der Waals surface area contributed by atoms with Gasteiger partial charge in [-0.15, -0.1) is 5.10 Å².